The lowest BCUT2D eigenvalue weighted by molar-refractivity contribution is 0.469. The molecule has 0 bridgehead atoms. The van der Waals surface area contributed by atoms with Crippen LogP contribution < -0.4 is 11.1 Å². The monoisotopic (exact) mass is 195 g/mol. The third kappa shape index (κ3) is 1.81. The third-order valence-electron chi connectivity index (χ3n) is 2.63. The van der Waals surface area contributed by atoms with Gasteiger partial charge in [0.25, 0.3) is 0 Å². The van der Waals surface area contributed by atoms with Crippen LogP contribution in [0, 0.1) is 6.92 Å². The highest BCUT2D eigenvalue weighted by Crippen LogP contribution is 2.25. The third-order valence-corrected chi connectivity index (χ3v) is 2.63. The van der Waals surface area contributed by atoms with E-state index >= 15 is 0 Å². The number of hydrogen-bond donors (Lipinski definition) is 2. The Bertz CT molecular complexity index is 302. The summed E-state index contributed by atoms with van der Waals surface area (Å²) in [6.07, 6.45) is 3.12. The molecule has 0 saturated carbocycles. The zero-order valence-corrected chi connectivity index (χ0v) is 8.55. The van der Waals surface area contributed by atoms with Crippen LogP contribution in [0.2, 0.25) is 0 Å². The molecule has 78 valence electrons. The van der Waals surface area contributed by atoms with Crippen molar-refractivity contribution in [3.05, 3.63) is 17.3 Å². The first-order chi connectivity index (χ1) is 6.81. The minimum Gasteiger partial charge on any atom is -0.446 e. The number of aromatic nitrogens is 1. The molecule has 0 radical (unpaired) electrons. The van der Waals surface area contributed by atoms with Gasteiger partial charge < -0.3 is 15.5 Å². The number of nitrogens with one attached hydrogen (secondary N) is 1. The van der Waals surface area contributed by atoms with Crippen molar-refractivity contribution in [1.82, 2.24) is 10.3 Å². The molecule has 1 aliphatic heterocycles. The first kappa shape index (κ1) is 9.68. The minimum absolute atomic E-state index is 0.394. The van der Waals surface area contributed by atoms with Gasteiger partial charge in [0, 0.05) is 13.0 Å². The first-order valence-electron chi connectivity index (χ1n) is 5.21. The molecule has 0 amide bonds. The molecule has 1 unspecified atom stereocenters. The summed E-state index contributed by atoms with van der Waals surface area (Å²) in [5, 5.41) is 3.42. The molecule has 4 nitrogen and oxygen atoms in total. The second kappa shape index (κ2) is 4.11. The van der Waals surface area contributed by atoms with Crippen LogP contribution in [0.5, 0.6) is 0 Å². The number of hydrogen-bond acceptors (Lipinski definition) is 4. The van der Waals surface area contributed by atoms with Crippen molar-refractivity contribution in [1.29, 1.82) is 0 Å². The fourth-order valence-corrected chi connectivity index (χ4v) is 1.94. The van der Waals surface area contributed by atoms with Crippen molar-refractivity contribution in [3.63, 3.8) is 0 Å². The van der Waals surface area contributed by atoms with Crippen LogP contribution in [0.25, 0.3) is 0 Å². The van der Waals surface area contributed by atoms with Gasteiger partial charge in [-0.25, -0.2) is 4.98 Å². The van der Waals surface area contributed by atoms with Gasteiger partial charge >= 0.3 is 0 Å². The summed E-state index contributed by atoms with van der Waals surface area (Å²) >= 11 is 0. The zero-order chi connectivity index (χ0) is 9.97. The van der Waals surface area contributed by atoms with Crippen LogP contribution >= 0.6 is 0 Å². The maximum absolute atomic E-state index is 5.54. The van der Waals surface area contributed by atoms with Crippen LogP contribution in [-0.4, -0.2) is 18.1 Å². The Labute approximate surface area is 83.9 Å². The van der Waals surface area contributed by atoms with E-state index in [0.717, 1.165) is 36.7 Å². The summed E-state index contributed by atoms with van der Waals surface area (Å²) in [4.78, 5) is 4.47. The van der Waals surface area contributed by atoms with E-state index in [-0.39, 0.29) is 0 Å². The SMILES string of the molecule is Cc1oc(CCN)nc1C1CCCN1. The molecule has 3 N–H and O–H groups in total. The predicted molar refractivity (Wildman–Crippen MR) is 54.0 cm³/mol. The van der Waals surface area contributed by atoms with Crippen LogP contribution in [0.15, 0.2) is 4.42 Å². The number of nitrogens with two attached hydrogens (primary N) is 1. The highest BCUT2D eigenvalue weighted by molar-refractivity contribution is 5.14. The van der Waals surface area contributed by atoms with Gasteiger partial charge in [-0.05, 0) is 26.3 Å². The average molecular weight is 195 g/mol. The van der Waals surface area contributed by atoms with Gasteiger partial charge in [0.15, 0.2) is 5.89 Å². The fraction of sp³-hybridized carbons (Fsp3) is 0.700. The number of nitrogens with zero attached hydrogens (tertiary/aromatic N) is 1. The van der Waals surface area contributed by atoms with Gasteiger partial charge in [-0.1, -0.05) is 0 Å². The molecule has 0 aliphatic carbocycles. The molecule has 1 fully saturated rings. The van der Waals surface area contributed by atoms with E-state index in [2.05, 4.69) is 10.3 Å². The largest absolute Gasteiger partial charge is 0.446 e. The normalized spacial score (nSPS) is 21.7. The molecular formula is C10H17N3O. The number of rotatable bonds is 3. The molecule has 1 aromatic heterocycles. The Hall–Kier alpha value is -0.870. The average Bonchev–Trinajstić information content (AvgIpc) is 2.74. The molecule has 0 aromatic carbocycles. The topological polar surface area (TPSA) is 64.1 Å². The number of oxazole rings is 1. The van der Waals surface area contributed by atoms with E-state index < -0.39 is 0 Å². The quantitative estimate of drug-likeness (QED) is 0.752. The van der Waals surface area contributed by atoms with E-state index in [1.54, 1.807) is 0 Å². The summed E-state index contributed by atoms with van der Waals surface area (Å²) in [5.74, 6) is 1.71. The molecule has 0 spiro atoms. The van der Waals surface area contributed by atoms with Crippen molar-refractivity contribution in [3.8, 4) is 0 Å². The molecule has 14 heavy (non-hydrogen) atoms. The minimum atomic E-state index is 0.394. The Morgan fingerprint density at radius 2 is 2.50 bits per heavy atom. The van der Waals surface area contributed by atoms with E-state index in [9.17, 15) is 0 Å². The highest BCUT2D eigenvalue weighted by Gasteiger charge is 2.22. The summed E-state index contributed by atoms with van der Waals surface area (Å²) in [6.45, 7) is 3.66. The second-order valence-electron chi connectivity index (χ2n) is 3.74. The lowest BCUT2D eigenvalue weighted by Crippen LogP contribution is -2.14. The maximum Gasteiger partial charge on any atom is 0.195 e. The van der Waals surface area contributed by atoms with Crippen LogP contribution in [0.4, 0.5) is 0 Å². The van der Waals surface area contributed by atoms with Gasteiger partial charge in [0.05, 0.1) is 11.7 Å². The van der Waals surface area contributed by atoms with Gasteiger partial charge in [0.1, 0.15) is 5.76 Å². The van der Waals surface area contributed by atoms with Gasteiger partial charge in [0.2, 0.25) is 0 Å². The van der Waals surface area contributed by atoms with E-state index in [4.69, 9.17) is 10.2 Å². The Morgan fingerprint density at radius 1 is 1.64 bits per heavy atom. The molecule has 1 atom stereocenters. The van der Waals surface area contributed by atoms with Crippen molar-refractivity contribution < 1.29 is 4.42 Å². The molecular weight excluding hydrogens is 178 g/mol. The van der Waals surface area contributed by atoms with Gasteiger partial charge in [-0.3, -0.25) is 0 Å². The lowest BCUT2D eigenvalue weighted by atomic mass is 10.1. The summed E-state index contributed by atoms with van der Waals surface area (Å²) in [5.41, 5.74) is 6.53. The molecule has 4 heteroatoms. The van der Waals surface area contributed by atoms with Gasteiger partial charge in [-0.15, -0.1) is 0 Å². The van der Waals surface area contributed by atoms with Crippen molar-refractivity contribution in [2.24, 2.45) is 5.73 Å². The van der Waals surface area contributed by atoms with Crippen LogP contribution in [-0.2, 0) is 6.42 Å². The van der Waals surface area contributed by atoms with Crippen molar-refractivity contribution in [2.45, 2.75) is 32.2 Å². The smallest absolute Gasteiger partial charge is 0.195 e. The highest BCUT2D eigenvalue weighted by atomic mass is 16.4. The van der Waals surface area contributed by atoms with Crippen LogP contribution in [0.1, 0.15) is 36.2 Å². The van der Waals surface area contributed by atoms with Crippen molar-refractivity contribution >= 4 is 0 Å². The predicted octanol–water partition coefficient (Wildman–Crippen LogP) is 0.909. The number of aryl methyl sites for hydroxylation is 1. The lowest BCUT2D eigenvalue weighted by Gasteiger charge is -2.05. The summed E-state index contributed by atoms with van der Waals surface area (Å²) in [7, 11) is 0. The molecule has 2 rings (SSSR count). The molecule has 1 saturated heterocycles. The standard InChI is InChI=1S/C10H17N3O/c1-7-10(8-3-2-6-12-8)13-9(14-7)4-5-11/h8,12H,2-6,11H2,1H3. The first-order valence-corrected chi connectivity index (χ1v) is 5.21. The molecule has 1 aliphatic rings. The summed E-state index contributed by atoms with van der Waals surface area (Å²) in [6, 6.07) is 0.394. The van der Waals surface area contributed by atoms with E-state index in [0.29, 0.717) is 12.6 Å². The van der Waals surface area contributed by atoms with E-state index in [1.807, 2.05) is 6.92 Å². The molecule has 2 heterocycles. The van der Waals surface area contributed by atoms with Gasteiger partial charge in [-0.2, -0.15) is 0 Å². The summed E-state index contributed by atoms with van der Waals surface area (Å²) < 4.78 is 5.54. The Morgan fingerprint density at radius 3 is 3.14 bits per heavy atom. The Balaban J connectivity index is 2.15. The zero-order valence-electron chi connectivity index (χ0n) is 8.55. The maximum atomic E-state index is 5.54. The Kier molecular flexibility index (Phi) is 2.84. The molecule has 1 aromatic rings. The van der Waals surface area contributed by atoms with Crippen molar-refractivity contribution in [2.75, 3.05) is 13.1 Å². The second-order valence-corrected chi connectivity index (χ2v) is 3.74. The fourth-order valence-electron chi connectivity index (χ4n) is 1.94. The van der Waals surface area contributed by atoms with E-state index in [1.165, 1.54) is 6.42 Å². The van der Waals surface area contributed by atoms with Crippen LogP contribution in [0.3, 0.4) is 0 Å².